The number of aromatic amines is 1. The third-order valence-electron chi connectivity index (χ3n) is 5.91. The lowest BCUT2D eigenvalue weighted by Crippen LogP contribution is -2.41. The van der Waals surface area contributed by atoms with Gasteiger partial charge in [-0.2, -0.15) is 13.2 Å². The van der Waals surface area contributed by atoms with Crippen molar-refractivity contribution in [1.82, 2.24) is 24.8 Å². The Kier molecular flexibility index (Phi) is 6.13. The quantitative estimate of drug-likeness (QED) is 0.402. The van der Waals surface area contributed by atoms with Gasteiger partial charge in [0.15, 0.2) is 21.4 Å². The van der Waals surface area contributed by atoms with Crippen LogP contribution < -0.4 is 4.74 Å². The average molecular weight is 545 g/mol. The van der Waals surface area contributed by atoms with E-state index in [-0.39, 0.29) is 28.4 Å². The van der Waals surface area contributed by atoms with Crippen LogP contribution in [0.5, 0.6) is 11.5 Å². The highest BCUT2D eigenvalue weighted by Gasteiger charge is 2.49. The van der Waals surface area contributed by atoms with Gasteiger partial charge in [0.05, 0.1) is 22.1 Å². The summed E-state index contributed by atoms with van der Waals surface area (Å²) in [5.74, 6) is -2.28. The molecule has 2 aromatic carbocycles. The SMILES string of the molecule is CS(=O)(=O)c1ccc(Oc2cc3nc(-c4cnccn4)[nH]c3cc2C2C(=O)CCN2C(=O)C(F)(F)F)cc1. The summed E-state index contributed by atoms with van der Waals surface area (Å²) in [4.78, 5) is 41.1. The molecule has 38 heavy (non-hydrogen) atoms. The third-order valence-corrected chi connectivity index (χ3v) is 7.04. The molecule has 1 atom stereocenters. The topological polar surface area (TPSA) is 135 Å². The highest BCUT2D eigenvalue weighted by atomic mass is 32.2. The molecule has 0 aliphatic carbocycles. The average Bonchev–Trinajstić information content (AvgIpc) is 3.45. The summed E-state index contributed by atoms with van der Waals surface area (Å²) < 4.78 is 69.5. The van der Waals surface area contributed by atoms with Gasteiger partial charge in [0.2, 0.25) is 0 Å². The summed E-state index contributed by atoms with van der Waals surface area (Å²) in [5, 5.41) is 0. The number of alkyl halides is 3. The molecule has 0 saturated carbocycles. The first-order valence-electron chi connectivity index (χ1n) is 11.1. The molecule has 14 heteroatoms. The molecule has 1 saturated heterocycles. The van der Waals surface area contributed by atoms with Crippen molar-refractivity contribution >= 4 is 32.6 Å². The summed E-state index contributed by atoms with van der Waals surface area (Å²) in [6.07, 6.45) is -0.00411. The van der Waals surface area contributed by atoms with Crippen LogP contribution in [-0.4, -0.2) is 63.9 Å². The van der Waals surface area contributed by atoms with Crippen LogP contribution in [0.3, 0.4) is 0 Å². The highest BCUT2D eigenvalue weighted by molar-refractivity contribution is 7.90. The number of aromatic nitrogens is 4. The minimum Gasteiger partial charge on any atom is -0.457 e. The molecule has 1 aliphatic rings. The molecule has 0 radical (unpaired) electrons. The first-order valence-corrected chi connectivity index (χ1v) is 13.0. The van der Waals surface area contributed by atoms with E-state index in [1.165, 1.54) is 55.0 Å². The van der Waals surface area contributed by atoms with Gasteiger partial charge in [-0.1, -0.05) is 0 Å². The number of amides is 1. The molecule has 3 heterocycles. The number of sulfone groups is 1. The normalized spacial score (nSPS) is 16.3. The number of halogens is 3. The number of ether oxygens (including phenoxy) is 1. The minimum atomic E-state index is -5.18. The fourth-order valence-electron chi connectivity index (χ4n) is 4.17. The Bertz CT molecular complexity index is 1650. The molecule has 0 bridgehead atoms. The van der Waals surface area contributed by atoms with E-state index < -0.39 is 40.3 Å². The maximum atomic E-state index is 13.3. The largest absolute Gasteiger partial charge is 0.471 e. The monoisotopic (exact) mass is 545 g/mol. The fraction of sp³-hybridized carbons (Fsp3) is 0.208. The van der Waals surface area contributed by atoms with Gasteiger partial charge in [-0.25, -0.2) is 18.4 Å². The molecule has 2 aromatic heterocycles. The fourth-order valence-corrected chi connectivity index (χ4v) is 4.80. The number of fused-ring (bicyclic) bond motifs is 1. The van der Waals surface area contributed by atoms with E-state index in [2.05, 4.69) is 19.9 Å². The molecule has 1 unspecified atom stereocenters. The summed E-state index contributed by atoms with van der Waals surface area (Å²) in [6.45, 7) is -0.407. The van der Waals surface area contributed by atoms with Gasteiger partial charge >= 0.3 is 12.1 Å². The summed E-state index contributed by atoms with van der Waals surface area (Å²) in [7, 11) is -3.48. The Morgan fingerprint density at radius 2 is 1.89 bits per heavy atom. The molecule has 10 nitrogen and oxygen atoms in total. The van der Waals surface area contributed by atoms with Gasteiger partial charge < -0.3 is 14.6 Å². The molecular formula is C24H18F3N5O5S. The first-order chi connectivity index (χ1) is 17.9. The molecule has 4 aromatic rings. The van der Waals surface area contributed by atoms with E-state index in [9.17, 15) is 31.2 Å². The number of hydrogen-bond acceptors (Lipinski definition) is 8. The number of imidazole rings is 1. The van der Waals surface area contributed by atoms with Crippen molar-refractivity contribution < 1.29 is 35.9 Å². The number of benzene rings is 2. The van der Waals surface area contributed by atoms with Gasteiger partial charge in [0.1, 0.15) is 23.2 Å². The van der Waals surface area contributed by atoms with Crippen molar-refractivity contribution in [3.05, 3.63) is 60.6 Å². The molecule has 0 spiro atoms. The molecule has 1 fully saturated rings. The lowest BCUT2D eigenvalue weighted by Gasteiger charge is -2.26. The number of carbonyl (C=O) groups excluding carboxylic acids is 2. The van der Waals surface area contributed by atoms with Crippen molar-refractivity contribution in [2.24, 2.45) is 0 Å². The van der Waals surface area contributed by atoms with Crippen LogP contribution in [0, 0.1) is 0 Å². The van der Waals surface area contributed by atoms with Gasteiger partial charge in [0, 0.05) is 43.2 Å². The maximum Gasteiger partial charge on any atom is 0.471 e. The Morgan fingerprint density at radius 1 is 1.16 bits per heavy atom. The number of rotatable bonds is 5. The van der Waals surface area contributed by atoms with Gasteiger partial charge in [-0.15, -0.1) is 0 Å². The molecule has 1 aliphatic heterocycles. The van der Waals surface area contributed by atoms with Crippen LogP contribution in [-0.2, 0) is 19.4 Å². The van der Waals surface area contributed by atoms with Crippen molar-refractivity contribution in [2.75, 3.05) is 12.8 Å². The van der Waals surface area contributed by atoms with Crippen LogP contribution in [0.25, 0.3) is 22.6 Å². The number of H-pyrrole nitrogens is 1. The molecule has 196 valence electrons. The van der Waals surface area contributed by atoms with Crippen molar-refractivity contribution in [1.29, 1.82) is 0 Å². The van der Waals surface area contributed by atoms with Crippen molar-refractivity contribution in [3.63, 3.8) is 0 Å². The lowest BCUT2D eigenvalue weighted by molar-refractivity contribution is -0.186. The number of ketones is 1. The molecule has 5 rings (SSSR count). The second kappa shape index (κ2) is 9.20. The number of Topliss-reactive ketones (excluding diaryl/α,β-unsaturated/α-hetero) is 1. The first kappa shape index (κ1) is 25.3. The molecule has 1 N–H and O–H groups in total. The Morgan fingerprint density at radius 3 is 2.53 bits per heavy atom. The maximum absolute atomic E-state index is 13.3. The van der Waals surface area contributed by atoms with Crippen LogP contribution >= 0.6 is 0 Å². The minimum absolute atomic E-state index is 0.0131. The summed E-state index contributed by atoms with van der Waals surface area (Å²) >= 11 is 0. The van der Waals surface area contributed by atoms with Crippen molar-refractivity contribution in [3.8, 4) is 23.0 Å². The Balaban J connectivity index is 1.63. The van der Waals surface area contributed by atoms with E-state index >= 15 is 0 Å². The molecule has 1 amide bonds. The van der Waals surface area contributed by atoms with Gasteiger partial charge in [0.25, 0.3) is 0 Å². The van der Waals surface area contributed by atoms with Gasteiger partial charge in [-0.3, -0.25) is 14.6 Å². The smallest absolute Gasteiger partial charge is 0.457 e. The third kappa shape index (κ3) is 4.81. The molecular weight excluding hydrogens is 527 g/mol. The Labute approximate surface area is 213 Å². The van der Waals surface area contributed by atoms with Crippen LogP contribution in [0.2, 0.25) is 0 Å². The number of carbonyl (C=O) groups is 2. The Hall–Kier alpha value is -4.33. The van der Waals surface area contributed by atoms with Crippen molar-refractivity contribution in [2.45, 2.75) is 23.5 Å². The van der Waals surface area contributed by atoms with Gasteiger partial charge in [-0.05, 0) is 30.3 Å². The van der Waals surface area contributed by atoms with E-state index in [1.807, 2.05) is 0 Å². The van der Waals surface area contributed by atoms with E-state index in [0.717, 1.165) is 6.26 Å². The van der Waals surface area contributed by atoms with Crippen LogP contribution in [0.15, 0.2) is 59.9 Å². The number of nitrogens with one attached hydrogen (secondary N) is 1. The standard InChI is InChI=1S/C24H18F3N5O5S/c1-38(35,36)14-4-2-13(3-5-14)37-20-11-17-16(30-22(31-17)18-12-28-7-8-29-18)10-15(20)21-19(33)6-9-32(21)23(34)24(25,26)27/h2-5,7-8,10-12,21H,6,9H2,1H3,(H,30,31). The zero-order valence-electron chi connectivity index (χ0n) is 19.6. The predicted molar refractivity (Wildman–Crippen MR) is 127 cm³/mol. The number of hydrogen-bond donors (Lipinski definition) is 1. The zero-order valence-corrected chi connectivity index (χ0v) is 20.4. The predicted octanol–water partition coefficient (Wildman–Crippen LogP) is 3.62. The number of likely N-dealkylation sites (tertiary alicyclic amines) is 1. The lowest BCUT2D eigenvalue weighted by atomic mass is 10.0. The second-order valence-corrected chi connectivity index (χ2v) is 10.6. The number of nitrogens with zero attached hydrogens (tertiary/aromatic N) is 4. The summed E-state index contributed by atoms with van der Waals surface area (Å²) in [5.41, 5.74) is 1.12. The van der Waals surface area contributed by atoms with Crippen LogP contribution in [0.1, 0.15) is 18.0 Å². The highest BCUT2D eigenvalue weighted by Crippen LogP contribution is 2.41. The van der Waals surface area contributed by atoms with E-state index in [4.69, 9.17) is 4.74 Å². The second-order valence-electron chi connectivity index (χ2n) is 8.54. The van der Waals surface area contributed by atoms with E-state index in [0.29, 0.717) is 27.5 Å². The van der Waals surface area contributed by atoms with E-state index in [1.54, 1.807) is 0 Å². The zero-order chi connectivity index (χ0) is 27.2. The van der Waals surface area contributed by atoms with Crippen LogP contribution in [0.4, 0.5) is 13.2 Å². The summed E-state index contributed by atoms with van der Waals surface area (Å²) in [6, 6.07) is 6.64.